The van der Waals surface area contributed by atoms with Gasteiger partial charge in [0.05, 0.1) is 66.5 Å². The van der Waals surface area contributed by atoms with Crippen molar-refractivity contribution in [1.82, 2.24) is 14.4 Å². The molecule has 5 aliphatic rings. The summed E-state index contributed by atoms with van der Waals surface area (Å²) in [7, 11) is 7.13. The van der Waals surface area contributed by atoms with Gasteiger partial charge in [-0.1, -0.05) is 20.8 Å². The molecule has 0 radical (unpaired) electrons. The third-order valence-electron chi connectivity index (χ3n) is 17.0. The molecule has 22 nitrogen and oxygen atoms in total. The number of hydrogen-bond donors (Lipinski definition) is 3. The van der Waals surface area contributed by atoms with Crippen LogP contribution >= 0.6 is 0 Å². The molecule has 0 bridgehead atoms. The van der Waals surface area contributed by atoms with Crippen LogP contribution < -0.4 is 10.2 Å². The Labute approximate surface area is 463 Å². The van der Waals surface area contributed by atoms with Crippen molar-refractivity contribution in [1.29, 1.82) is 0 Å². The maximum Gasteiger partial charge on any atom is 0.509 e. The molecule has 444 valence electrons. The van der Waals surface area contributed by atoms with Crippen LogP contribution in [-0.4, -0.2) is 199 Å². The second-order valence-electron chi connectivity index (χ2n) is 23.7. The van der Waals surface area contributed by atoms with Crippen molar-refractivity contribution in [3.05, 3.63) is 40.2 Å². The van der Waals surface area contributed by atoms with Gasteiger partial charge in [-0.3, -0.25) is 19.3 Å². The summed E-state index contributed by atoms with van der Waals surface area (Å²) in [5, 5.41) is 34.6. The molecule has 0 spiro atoms. The van der Waals surface area contributed by atoms with Gasteiger partial charge in [-0.25, -0.2) is 9.59 Å². The predicted octanol–water partition coefficient (Wildman–Crippen LogP) is 5.47. The number of ether oxygens (including phenoxy) is 11. The number of rotatable bonds is 17. The highest BCUT2D eigenvalue weighted by Crippen LogP contribution is 2.43. The molecule has 0 unspecified atom stereocenters. The van der Waals surface area contributed by atoms with Crippen LogP contribution in [0.25, 0.3) is 10.9 Å². The Morgan fingerprint density at radius 2 is 1.63 bits per heavy atom. The van der Waals surface area contributed by atoms with E-state index >= 15 is 0 Å². The summed E-state index contributed by atoms with van der Waals surface area (Å²) < 4.78 is 70.3. The van der Waals surface area contributed by atoms with E-state index in [1.54, 1.807) is 46.8 Å². The molecule has 2 aromatic rings. The van der Waals surface area contributed by atoms with Crippen LogP contribution in [0.15, 0.2) is 29.2 Å². The zero-order chi connectivity index (χ0) is 58.1. The maximum absolute atomic E-state index is 14.8. The van der Waals surface area contributed by atoms with E-state index in [0.717, 1.165) is 12.8 Å². The van der Waals surface area contributed by atoms with E-state index in [0.29, 0.717) is 24.2 Å². The number of cyclic esters (lactones) is 1. The molecule has 4 saturated heterocycles. The van der Waals surface area contributed by atoms with E-state index in [-0.39, 0.29) is 80.6 Å². The van der Waals surface area contributed by atoms with Crippen LogP contribution in [0.3, 0.4) is 0 Å². The van der Waals surface area contributed by atoms with Crippen LogP contribution in [0.1, 0.15) is 131 Å². The molecule has 22 heteroatoms. The number of fused-ring (bicyclic) bond motifs is 2. The van der Waals surface area contributed by atoms with E-state index in [2.05, 4.69) is 0 Å². The first-order valence-corrected chi connectivity index (χ1v) is 28.0. The Balaban J connectivity index is 1.07. The maximum atomic E-state index is 14.8. The fraction of sp³-hybridized carbons (Fsp3) is 0.772. The highest BCUT2D eigenvalue weighted by atomic mass is 16.8. The first kappa shape index (κ1) is 62.1. The molecular formula is C57H87N3O19. The molecule has 1 aromatic heterocycles. The lowest BCUT2D eigenvalue weighted by atomic mass is 9.77. The monoisotopic (exact) mass is 1120 g/mol. The van der Waals surface area contributed by atoms with Crippen LogP contribution in [-0.2, 0) is 57.0 Å². The number of aromatic carboxylic acids is 1. The average Bonchev–Trinajstić information content (AvgIpc) is 4.30. The van der Waals surface area contributed by atoms with Crippen molar-refractivity contribution in [2.75, 3.05) is 54.6 Å². The molecule has 1 saturated carbocycles. The van der Waals surface area contributed by atoms with Crippen LogP contribution in [0, 0.1) is 17.8 Å². The molecule has 7 rings (SSSR count). The summed E-state index contributed by atoms with van der Waals surface area (Å²) in [6, 6.07) is 4.41. The van der Waals surface area contributed by atoms with Crippen LogP contribution in [0.5, 0.6) is 5.75 Å². The van der Waals surface area contributed by atoms with Crippen molar-refractivity contribution in [2.24, 2.45) is 17.8 Å². The fourth-order valence-corrected chi connectivity index (χ4v) is 12.5. The zero-order valence-electron chi connectivity index (χ0n) is 48.5. The first-order chi connectivity index (χ1) is 37.1. The predicted molar refractivity (Wildman–Crippen MR) is 286 cm³/mol. The number of esters is 2. The SMILES string of the molecule is CC[C@H]1OC(=O)[C@H](C)[C@@H](O[C@H]2C[C@@](C)(OC)[C@@H](OC(=O)CCOCCOc3ccc4c(c3)c(=O)c(C(=O)O)cn4C3CC3)[C@H](C)O2)[C@H](C)[C@@H](O[C@@H]2O[C@H](C)C[C@H](N(C)C)[C@H]2O)[C@](C)(O)C[C@@H](C)CN(C)[C@H](C)[C@H]2OC(=O)O[C@@]21C. The molecule has 79 heavy (non-hydrogen) atoms. The Kier molecular flexibility index (Phi) is 19.9. The second kappa shape index (κ2) is 25.3. The number of carboxylic acids is 1. The number of carbonyl (C=O) groups excluding carboxylic acids is 3. The van der Waals surface area contributed by atoms with E-state index in [9.17, 15) is 39.3 Å². The number of carbonyl (C=O) groups is 4. The number of nitrogens with zero attached hydrogens (tertiary/aromatic N) is 3. The summed E-state index contributed by atoms with van der Waals surface area (Å²) >= 11 is 0. The van der Waals surface area contributed by atoms with E-state index < -0.39 is 119 Å². The van der Waals surface area contributed by atoms with Crippen molar-refractivity contribution in [3.8, 4) is 5.75 Å². The normalized spacial score (nSPS) is 38.0. The number of carboxylic acid groups (broad SMARTS) is 1. The number of aliphatic hydroxyl groups excluding tert-OH is 1. The lowest BCUT2D eigenvalue weighted by Crippen LogP contribution is -2.61. The minimum atomic E-state index is -1.64. The minimum absolute atomic E-state index is 0.00770. The van der Waals surface area contributed by atoms with Gasteiger partial charge in [-0.15, -0.1) is 0 Å². The Morgan fingerprint density at radius 1 is 0.924 bits per heavy atom. The summed E-state index contributed by atoms with van der Waals surface area (Å²) in [5.74, 6) is -4.30. The fourth-order valence-electron chi connectivity index (χ4n) is 12.5. The standard InChI is InChI=1S/C57H87N3O19/c1-15-42-57(10)49(78-54(67)79-57)34(6)59(13)28-30(2)26-55(8,68)48(77-53-46(63)41(58(11)12)24-31(3)72-53)32(4)47(33(5)52(66)74-42)76-44-27-56(9,69-14)50(35(7)73-44)75-43(61)20-21-70-22-23-71-37-18-19-40-38(25-37)45(62)39(51(64)65)29-60(40)36-16-17-36/h18-19,25,29-36,41-42,44,46-50,53,63,68H,15-17,20-24,26-28H2,1-14H3,(H,64,65)/t30-,31-,32+,33-,34-,35+,41+,42-,44+,46-,47+,48-,49-,50+,53+,55-,56-,57-/m1/s1. The molecule has 5 heterocycles. The van der Waals surface area contributed by atoms with Crippen molar-refractivity contribution >= 4 is 35.0 Å². The van der Waals surface area contributed by atoms with Crippen LogP contribution in [0.2, 0.25) is 0 Å². The van der Waals surface area contributed by atoms with Gasteiger partial charge in [-0.05, 0) is 126 Å². The molecule has 18 atom stereocenters. The van der Waals surface area contributed by atoms with E-state index in [1.807, 2.05) is 70.1 Å². The van der Waals surface area contributed by atoms with Gasteiger partial charge in [0.15, 0.2) is 30.4 Å². The zero-order valence-corrected chi connectivity index (χ0v) is 48.5. The van der Waals surface area contributed by atoms with Crippen molar-refractivity contribution < 1.29 is 86.6 Å². The number of aromatic nitrogens is 1. The lowest BCUT2D eigenvalue weighted by molar-refractivity contribution is -0.318. The van der Waals surface area contributed by atoms with Crippen molar-refractivity contribution in [2.45, 2.75) is 211 Å². The van der Waals surface area contributed by atoms with E-state index in [4.69, 9.17) is 52.1 Å². The molecule has 5 fully saturated rings. The van der Waals surface area contributed by atoms with Gasteiger partial charge >= 0.3 is 24.1 Å². The number of hydrogen-bond acceptors (Lipinski definition) is 20. The van der Waals surface area contributed by atoms with Crippen molar-refractivity contribution in [3.63, 3.8) is 0 Å². The Morgan fingerprint density at radius 3 is 2.28 bits per heavy atom. The van der Waals surface area contributed by atoms with Gasteiger partial charge in [0, 0.05) is 50.3 Å². The number of likely N-dealkylation sites (N-methyl/N-ethyl adjacent to an activating group) is 2. The molecule has 0 amide bonds. The summed E-state index contributed by atoms with van der Waals surface area (Å²) in [5.41, 5.74) is -4.45. The van der Waals surface area contributed by atoms with Gasteiger partial charge in [0.25, 0.3) is 0 Å². The molecule has 4 aliphatic heterocycles. The first-order valence-electron chi connectivity index (χ1n) is 28.0. The number of pyridine rings is 1. The van der Waals surface area contributed by atoms with Crippen LogP contribution in [0.4, 0.5) is 4.79 Å². The molecule has 1 aromatic carbocycles. The summed E-state index contributed by atoms with van der Waals surface area (Å²) in [6.07, 6.45) is -6.19. The largest absolute Gasteiger partial charge is 0.509 e. The number of aliphatic hydroxyl groups is 2. The second-order valence-corrected chi connectivity index (χ2v) is 23.7. The summed E-state index contributed by atoms with van der Waals surface area (Å²) in [4.78, 5) is 70.0. The Hall–Kier alpha value is -4.49. The highest BCUT2D eigenvalue weighted by Gasteiger charge is 2.58. The van der Waals surface area contributed by atoms with Gasteiger partial charge in [0.1, 0.15) is 35.7 Å². The minimum Gasteiger partial charge on any atom is -0.491 e. The molecular weight excluding hydrogens is 1030 g/mol. The third kappa shape index (κ3) is 13.9. The average molecular weight is 1120 g/mol. The topological polar surface area (TPSA) is 259 Å². The lowest BCUT2D eigenvalue weighted by Gasteiger charge is -2.49. The van der Waals surface area contributed by atoms with Gasteiger partial charge in [0.2, 0.25) is 5.43 Å². The van der Waals surface area contributed by atoms with Gasteiger partial charge in [-0.2, -0.15) is 0 Å². The van der Waals surface area contributed by atoms with Gasteiger partial charge < -0.3 is 76.9 Å². The summed E-state index contributed by atoms with van der Waals surface area (Å²) in [6.45, 7) is 18.6. The third-order valence-corrected chi connectivity index (χ3v) is 17.0. The smallest absolute Gasteiger partial charge is 0.491 e. The van der Waals surface area contributed by atoms with E-state index in [1.165, 1.54) is 19.4 Å². The highest BCUT2D eigenvalue weighted by molar-refractivity contribution is 5.93. The quantitative estimate of drug-likeness (QED) is 0.101. The molecule has 1 aliphatic carbocycles. The molecule has 3 N–H and O–H groups in total. The number of methoxy groups -OCH3 is 1. The Bertz CT molecular complexity index is 2520. The number of benzene rings is 1.